The molecule has 94 valence electrons. The average molecular weight is 264 g/mol. The van der Waals surface area contributed by atoms with E-state index in [9.17, 15) is 8.78 Å². The molecule has 3 aliphatic heterocycles. The van der Waals surface area contributed by atoms with Crippen LogP contribution in [0.5, 0.6) is 0 Å². The van der Waals surface area contributed by atoms with Crippen LogP contribution in [0.25, 0.3) is 0 Å². The predicted molar refractivity (Wildman–Crippen MR) is 60.0 cm³/mol. The first-order chi connectivity index (χ1) is 7.96. The SMILES string of the molecule is CC1N=C(Cl)N=C2C1OCC1CC(F)(F)CN21. The molecule has 0 spiro atoms. The summed E-state index contributed by atoms with van der Waals surface area (Å²) in [6.07, 6.45) is -0.523. The van der Waals surface area contributed by atoms with Gasteiger partial charge in [-0.1, -0.05) is 0 Å². The first-order valence-corrected chi connectivity index (χ1v) is 5.92. The van der Waals surface area contributed by atoms with Crippen molar-refractivity contribution in [3.63, 3.8) is 0 Å². The summed E-state index contributed by atoms with van der Waals surface area (Å²) < 4.78 is 32.3. The highest BCUT2D eigenvalue weighted by atomic mass is 35.5. The number of fused-ring (bicyclic) bond motifs is 3. The Morgan fingerprint density at radius 3 is 3.06 bits per heavy atom. The van der Waals surface area contributed by atoms with E-state index < -0.39 is 5.92 Å². The Morgan fingerprint density at radius 2 is 2.29 bits per heavy atom. The van der Waals surface area contributed by atoms with Gasteiger partial charge in [-0.05, 0) is 18.5 Å². The van der Waals surface area contributed by atoms with E-state index in [2.05, 4.69) is 9.98 Å². The zero-order chi connectivity index (χ0) is 12.2. The van der Waals surface area contributed by atoms with E-state index in [4.69, 9.17) is 16.3 Å². The monoisotopic (exact) mass is 263 g/mol. The van der Waals surface area contributed by atoms with Crippen molar-refractivity contribution in [3.8, 4) is 0 Å². The molecule has 0 radical (unpaired) electrons. The molecule has 3 aliphatic rings. The molecule has 17 heavy (non-hydrogen) atoms. The number of ether oxygens (including phenoxy) is 1. The zero-order valence-corrected chi connectivity index (χ0v) is 9.99. The van der Waals surface area contributed by atoms with Crippen LogP contribution < -0.4 is 0 Å². The van der Waals surface area contributed by atoms with Gasteiger partial charge in [0.15, 0.2) is 0 Å². The summed E-state index contributed by atoms with van der Waals surface area (Å²) in [4.78, 5) is 9.76. The summed E-state index contributed by atoms with van der Waals surface area (Å²) in [5.41, 5.74) is 0. The second-order valence-corrected chi connectivity index (χ2v) is 5.04. The van der Waals surface area contributed by atoms with Crippen LogP contribution in [0.4, 0.5) is 8.78 Å². The van der Waals surface area contributed by atoms with Gasteiger partial charge in [-0.2, -0.15) is 0 Å². The molecular formula is C10H12ClF2N3O. The van der Waals surface area contributed by atoms with Gasteiger partial charge in [-0.15, -0.1) is 0 Å². The fourth-order valence-corrected chi connectivity index (χ4v) is 2.85. The van der Waals surface area contributed by atoms with Gasteiger partial charge < -0.3 is 9.64 Å². The van der Waals surface area contributed by atoms with E-state index in [-0.39, 0.29) is 36.4 Å². The van der Waals surface area contributed by atoms with Crippen molar-refractivity contribution in [2.75, 3.05) is 13.2 Å². The maximum absolute atomic E-state index is 13.4. The molecule has 3 heterocycles. The van der Waals surface area contributed by atoms with Crippen LogP contribution in [0.1, 0.15) is 13.3 Å². The first-order valence-electron chi connectivity index (χ1n) is 5.54. The third-order valence-electron chi connectivity index (χ3n) is 3.35. The molecule has 0 aliphatic carbocycles. The molecule has 0 aromatic rings. The van der Waals surface area contributed by atoms with Crippen molar-refractivity contribution in [1.29, 1.82) is 0 Å². The minimum absolute atomic E-state index is 0.114. The van der Waals surface area contributed by atoms with Gasteiger partial charge >= 0.3 is 0 Å². The summed E-state index contributed by atoms with van der Waals surface area (Å²) in [6, 6.07) is -0.472. The minimum Gasteiger partial charge on any atom is -0.366 e. The number of halogens is 3. The minimum atomic E-state index is -2.67. The van der Waals surface area contributed by atoms with Crippen LogP contribution in [-0.4, -0.2) is 53.3 Å². The Morgan fingerprint density at radius 1 is 1.53 bits per heavy atom. The van der Waals surface area contributed by atoms with Crippen LogP contribution in [0.2, 0.25) is 0 Å². The quantitative estimate of drug-likeness (QED) is 0.621. The fourth-order valence-electron chi connectivity index (χ4n) is 2.61. The summed E-state index contributed by atoms with van der Waals surface area (Å²) in [7, 11) is 0. The van der Waals surface area contributed by atoms with Crippen molar-refractivity contribution < 1.29 is 13.5 Å². The lowest BCUT2D eigenvalue weighted by atomic mass is 10.1. The van der Waals surface area contributed by atoms with Crippen LogP contribution in [0, 0.1) is 0 Å². The van der Waals surface area contributed by atoms with Crippen molar-refractivity contribution in [2.45, 2.75) is 37.5 Å². The second kappa shape index (κ2) is 3.62. The van der Waals surface area contributed by atoms with Gasteiger partial charge in [0.25, 0.3) is 5.92 Å². The number of aliphatic imine (C=N–C) groups is 2. The number of hydrogen-bond acceptors (Lipinski definition) is 4. The Bertz CT molecular complexity index is 412. The zero-order valence-electron chi connectivity index (χ0n) is 9.24. The van der Waals surface area contributed by atoms with Gasteiger partial charge in [-0.25, -0.2) is 18.8 Å². The topological polar surface area (TPSA) is 37.2 Å². The molecule has 0 N–H and O–H groups in total. The third kappa shape index (κ3) is 1.83. The van der Waals surface area contributed by atoms with Crippen LogP contribution in [-0.2, 0) is 4.74 Å². The summed E-state index contributed by atoms with van der Waals surface area (Å²) in [5.74, 6) is -2.17. The van der Waals surface area contributed by atoms with Crippen LogP contribution in [0.15, 0.2) is 9.98 Å². The first kappa shape index (κ1) is 11.3. The van der Waals surface area contributed by atoms with Crippen molar-refractivity contribution in [1.82, 2.24) is 4.90 Å². The van der Waals surface area contributed by atoms with E-state index in [1.54, 1.807) is 4.90 Å². The third-order valence-corrected chi connectivity index (χ3v) is 3.53. The van der Waals surface area contributed by atoms with Crippen LogP contribution in [0.3, 0.4) is 0 Å². The van der Waals surface area contributed by atoms with Gasteiger partial charge in [-0.3, -0.25) is 0 Å². The molecule has 0 amide bonds. The number of morpholine rings is 1. The highest BCUT2D eigenvalue weighted by Crippen LogP contribution is 2.36. The molecule has 7 heteroatoms. The lowest BCUT2D eigenvalue weighted by Crippen LogP contribution is -2.55. The van der Waals surface area contributed by atoms with Gasteiger partial charge in [0.2, 0.25) is 5.29 Å². The highest BCUT2D eigenvalue weighted by Gasteiger charge is 2.51. The lowest BCUT2D eigenvalue weighted by Gasteiger charge is -2.40. The van der Waals surface area contributed by atoms with E-state index >= 15 is 0 Å². The molecule has 3 atom stereocenters. The standard InChI is InChI=1S/C10H12ClF2N3O/c1-5-7-8(15-9(11)14-5)16-4-10(12,13)2-6(16)3-17-7/h5-7H,2-4H2,1H3. The molecule has 2 saturated heterocycles. The molecule has 0 bridgehead atoms. The summed E-state index contributed by atoms with van der Waals surface area (Å²) in [6.45, 7) is 1.85. The Labute approximate surface area is 102 Å². The van der Waals surface area contributed by atoms with Gasteiger partial charge in [0.1, 0.15) is 11.9 Å². The lowest BCUT2D eigenvalue weighted by molar-refractivity contribution is 0.0138. The molecule has 4 nitrogen and oxygen atoms in total. The summed E-state index contributed by atoms with van der Waals surface area (Å²) >= 11 is 5.79. The van der Waals surface area contributed by atoms with Crippen molar-refractivity contribution >= 4 is 22.7 Å². The van der Waals surface area contributed by atoms with E-state index in [0.29, 0.717) is 12.4 Å². The molecule has 3 unspecified atom stereocenters. The largest absolute Gasteiger partial charge is 0.366 e. The van der Waals surface area contributed by atoms with Gasteiger partial charge in [0.05, 0.1) is 25.2 Å². The summed E-state index contributed by atoms with van der Waals surface area (Å²) in [5, 5.41) is 0.114. The van der Waals surface area contributed by atoms with E-state index in [0.717, 1.165) is 0 Å². The second-order valence-electron chi connectivity index (χ2n) is 4.70. The number of nitrogens with zero attached hydrogens (tertiary/aromatic N) is 3. The number of rotatable bonds is 0. The molecule has 2 fully saturated rings. The molecule has 0 aromatic heterocycles. The fraction of sp³-hybridized carbons (Fsp3) is 0.800. The predicted octanol–water partition coefficient (Wildman–Crippen LogP) is 1.49. The maximum atomic E-state index is 13.4. The smallest absolute Gasteiger partial charge is 0.267 e. The molecular weight excluding hydrogens is 252 g/mol. The number of hydrogen-bond donors (Lipinski definition) is 0. The maximum Gasteiger partial charge on any atom is 0.267 e. The van der Waals surface area contributed by atoms with E-state index in [1.807, 2.05) is 6.92 Å². The van der Waals surface area contributed by atoms with Crippen LogP contribution >= 0.6 is 11.6 Å². The Hall–Kier alpha value is -0.750. The van der Waals surface area contributed by atoms with Crippen molar-refractivity contribution in [3.05, 3.63) is 0 Å². The van der Waals surface area contributed by atoms with E-state index in [1.165, 1.54) is 0 Å². The molecule has 3 rings (SSSR count). The molecule has 0 aromatic carbocycles. The normalized spacial score (nSPS) is 39.3. The highest BCUT2D eigenvalue weighted by molar-refractivity contribution is 6.65. The molecule has 0 saturated carbocycles. The number of amidine groups is 2. The average Bonchev–Trinajstić information content (AvgIpc) is 2.52. The number of alkyl halides is 2. The van der Waals surface area contributed by atoms with Crippen molar-refractivity contribution in [2.24, 2.45) is 9.98 Å². The Balaban J connectivity index is 1.93. The van der Waals surface area contributed by atoms with Gasteiger partial charge in [0, 0.05) is 6.42 Å². The Kier molecular flexibility index (Phi) is 2.42.